The molecular formula is C15H15Cl2N3O2. The van der Waals surface area contributed by atoms with Crippen LogP contribution < -0.4 is 4.74 Å². The predicted octanol–water partition coefficient (Wildman–Crippen LogP) is 2.98. The third-order valence-electron chi connectivity index (χ3n) is 3.73. The van der Waals surface area contributed by atoms with Gasteiger partial charge in [-0.1, -0.05) is 35.9 Å². The lowest BCUT2D eigenvalue weighted by molar-refractivity contribution is 0.264. The summed E-state index contributed by atoms with van der Waals surface area (Å²) in [6.45, 7) is 4.56. The van der Waals surface area contributed by atoms with Crippen LogP contribution in [0.5, 0.6) is 5.75 Å². The summed E-state index contributed by atoms with van der Waals surface area (Å²) in [5, 5.41) is 18.4. The first-order valence-electron chi connectivity index (χ1n) is 6.89. The molecule has 1 aliphatic heterocycles. The maximum Gasteiger partial charge on any atom is 0.158 e. The average molecular weight is 340 g/mol. The highest BCUT2D eigenvalue weighted by molar-refractivity contribution is 6.42. The van der Waals surface area contributed by atoms with Gasteiger partial charge in [-0.15, -0.1) is 10.2 Å². The molecule has 116 valence electrons. The lowest BCUT2D eigenvalue weighted by atomic mass is 9.96. The minimum Gasteiger partial charge on any atom is -0.489 e. The molecule has 0 saturated carbocycles. The Labute approximate surface area is 138 Å². The van der Waals surface area contributed by atoms with Crippen molar-refractivity contribution in [1.29, 1.82) is 0 Å². The number of aliphatic hydroxyl groups excluding tert-OH is 1. The fraction of sp³-hybridized carbons (Fsp3) is 0.333. The van der Waals surface area contributed by atoms with E-state index in [1.54, 1.807) is 12.1 Å². The summed E-state index contributed by atoms with van der Waals surface area (Å²) in [7, 11) is 0. The van der Waals surface area contributed by atoms with Crippen LogP contribution in [0.3, 0.4) is 0 Å². The van der Waals surface area contributed by atoms with Crippen LogP contribution in [0.25, 0.3) is 0 Å². The van der Waals surface area contributed by atoms with Crippen molar-refractivity contribution in [3.8, 4) is 5.75 Å². The number of nitrogens with zero attached hydrogens (tertiary/aromatic N) is 3. The molecule has 7 heteroatoms. The van der Waals surface area contributed by atoms with E-state index in [2.05, 4.69) is 16.8 Å². The molecule has 0 bridgehead atoms. The van der Waals surface area contributed by atoms with E-state index in [1.807, 2.05) is 10.6 Å². The molecule has 2 aromatic rings. The van der Waals surface area contributed by atoms with Crippen LogP contribution in [-0.2, 0) is 19.6 Å². The van der Waals surface area contributed by atoms with Crippen LogP contribution in [0, 0.1) is 0 Å². The van der Waals surface area contributed by atoms with Crippen molar-refractivity contribution in [3.63, 3.8) is 0 Å². The third-order valence-corrected chi connectivity index (χ3v) is 4.55. The zero-order valence-corrected chi connectivity index (χ0v) is 13.3. The maximum atomic E-state index is 9.31. The molecule has 1 aromatic heterocycles. The smallest absolute Gasteiger partial charge is 0.158 e. The lowest BCUT2D eigenvalue weighted by Gasteiger charge is -2.18. The van der Waals surface area contributed by atoms with E-state index in [0.717, 1.165) is 11.4 Å². The number of rotatable bonds is 5. The molecule has 0 radical (unpaired) electrons. The number of ether oxygens (including phenoxy) is 1. The molecule has 0 amide bonds. The molecule has 0 spiro atoms. The first-order chi connectivity index (χ1) is 10.7. The number of aromatic nitrogens is 3. The molecule has 3 rings (SSSR count). The Hall–Kier alpha value is -1.56. The van der Waals surface area contributed by atoms with E-state index in [0.29, 0.717) is 41.2 Å². The van der Waals surface area contributed by atoms with Crippen molar-refractivity contribution < 1.29 is 9.84 Å². The predicted molar refractivity (Wildman–Crippen MR) is 84.5 cm³/mol. The zero-order chi connectivity index (χ0) is 15.7. The standard InChI is InChI=1S/C15H15Cl2N3O2/c1-2-5-22-11-4-3-10(16)15(17)14(11)9-6-12-18-19-13(8-21)20(12)7-9/h2-4,9,21H,1,5-8H2/t9-/m0/s1. The summed E-state index contributed by atoms with van der Waals surface area (Å²) in [6, 6.07) is 3.54. The topological polar surface area (TPSA) is 60.2 Å². The number of halogens is 2. The normalized spacial score (nSPS) is 16.6. The van der Waals surface area contributed by atoms with Gasteiger partial charge in [0.05, 0.1) is 10.0 Å². The van der Waals surface area contributed by atoms with Gasteiger partial charge in [0.2, 0.25) is 0 Å². The second-order valence-corrected chi connectivity index (χ2v) is 5.86. The number of fused-ring (bicyclic) bond motifs is 1. The SMILES string of the molecule is C=CCOc1ccc(Cl)c(Cl)c1[C@H]1Cc2nnc(CO)n2C1. The van der Waals surface area contributed by atoms with E-state index in [1.165, 1.54) is 0 Å². The largest absolute Gasteiger partial charge is 0.489 e. The Morgan fingerprint density at radius 3 is 2.95 bits per heavy atom. The lowest BCUT2D eigenvalue weighted by Crippen LogP contribution is -2.08. The van der Waals surface area contributed by atoms with E-state index >= 15 is 0 Å². The molecule has 5 nitrogen and oxygen atoms in total. The summed E-state index contributed by atoms with van der Waals surface area (Å²) in [6.07, 6.45) is 2.36. The second-order valence-electron chi connectivity index (χ2n) is 5.08. The zero-order valence-electron chi connectivity index (χ0n) is 11.8. The van der Waals surface area contributed by atoms with Crippen molar-refractivity contribution in [2.24, 2.45) is 0 Å². The van der Waals surface area contributed by atoms with Crippen LogP contribution >= 0.6 is 23.2 Å². The second kappa shape index (κ2) is 6.28. The molecular weight excluding hydrogens is 325 g/mol. The van der Waals surface area contributed by atoms with E-state index < -0.39 is 0 Å². The van der Waals surface area contributed by atoms with E-state index in [-0.39, 0.29) is 12.5 Å². The molecule has 0 aliphatic carbocycles. The summed E-state index contributed by atoms with van der Waals surface area (Å²) < 4.78 is 7.63. The van der Waals surface area contributed by atoms with Crippen LogP contribution in [-0.4, -0.2) is 26.5 Å². The number of hydrogen-bond donors (Lipinski definition) is 1. The van der Waals surface area contributed by atoms with Gasteiger partial charge in [-0.3, -0.25) is 0 Å². The Balaban J connectivity index is 1.96. The van der Waals surface area contributed by atoms with Gasteiger partial charge in [0.1, 0.15) is 24.8 Å². The monoisotopic (exact) mass is 339 g/mol. The third kappa shape index (κ3) is 2.60. The van der Waals surface area contributed by atoms with E-state index in [9.17, 15) is 5.11 Å². The molecule has 1 atom stereocenters. The van der Waals surface area contributed by atoms with Gasteiger partial charge in [-0.25, -0.2) is 0 Å². The van der Waals surface area contributed by atoms with Gasteiger partial charge in [0.15, 0.2) is 5.82 Å². The van der Waals surface area contributed by atoms with Crippen molar-refractivity contribution in [3.05, 3.63) is 52.0 Å². The van der Waals surface area contributed by atoms with Crippen molar-refractivity contribution in [1.82, 2.24) is 14.8 Å². The fourth-order valence-corrected chi connectivity index (χ4v) is 3.23. The Morgan fingerprint density at radius 1 is 1.41 bits per heavy atom. The van der Waals surface area contributed by atoms with Gasteiger partial charge in [-0.05, 0) is 12.1 Å². The van der Waals surface area contributed by atoms with Gasteiger partial charge in [0, 0.05) is 24.4 Å². The number of aliphatic hydroxyl groups is 1. The Kier molecular flexibility index (Phi) is 4.38. The molecule has 0 fully saturated rings. The van der Waals surface area contributed by atoms with Crippen LogP contribution in [0.1, 0.15) is 23.1 Å². The summed E-state index contributed by atoms with van der Waals surface area (Å²) in [5.41, 5.74) is 0.866. The first kappa shape index (κ1) is 15.3. The fourth-order valence-electron chi connectivity index (χ4n) is 2.75. The quantitative estimate of drug-likeness (QED) is 0.850. The van der Waals surface area contributed by atoms with Crippen molar-refractivity contribution >= 4 is 23.2 Å². The molecule has 0 saturated heterocycles. The Morgan fingerprint density at radius 2 is 2.23 bits per heavy atom. The molecule has 1 aliphatic rings. The molecule has 0 unspecified atom stereocenters. The first-order valence-corrected chi connectivity index (χ1v) is 7.64. The van der Waals surface area contributed by atoms with Crippen LogP contribution in [0.2, 0.25) is 10.0 Å². The van der Waals surface area contributed by atoms with Gasteiger partial charge in [0.25, 0.3) is 0 Å². The highest BCUT2D eigenvalue weighted by Crippen LogP contribution is 2.42. The van der Waals surface area contributed by atoms with Crippen molar-refractivity contribution in [2.45, 2.75) is 25.5 Å². The number of benzene rings is 1. The van der Waals surface area contributed by atoms with Gasteiger partial charge >= 0.3 is 0 Å². The van der Waals surface area contributed by atoms with Crippen molar-refractivity contribution in [2.75, 3.05) is 6.61 Å². The van der Waals surface area contributed by atoms with E-state index in [4.69, 9.17) is 27.9 Å². The Bertz CT molecular complexity index is 715. The van der Waals surface area contributed by atoms with Crippen LogP contribution in [0.4, 0.5) is 0 Å². The molecule has 1 aromatic carbocycles. The average Bonchev–Trinajstić information content (AvgIpc) is 3.08. The minimum absolute atomic E-state index is 0.0850. The summed E-state index contributed by atoms with van der Waals surface area (Å²) >= 11 is 12.6. The van der Waals surface area contributed by atoms with Gasteiger partial charge < -0.3 is 14.4 Å². The highest BCUT2D eigenvalue weighted by Gasteiger charge is 2.31. The molecule has 22 heavy (non-hydrogen) atoms. The molecule has 2 heterocycles. The summed E-state index contributed by atoms with van der Waals surface area (Å²) in [5.74, 6) is 2.18. The van der Waals surface area contributed by atoms with Crippen LogP contribution in [0.15, 0.2) is 24.8 Å². The highest BCUT2D eigenvalue weighted by atomic mass is 35.5. The summed E-state index contributed by atoms with van der Waals surface area (Å²) in [4.78, 5) is 0. The molecule has 1 N–H and O–H groups in total. The number of hydrogen-bond acceptors (Lipinski definition) is 4. The van der Waals surface area contributed by atoms with Gasteiger partial charge in [-0.2, -0.15) is 0 Å². The minimum atomic E-state index is -0.136. The maximum absolute atomic E-state index is 9.31.